The lowest BCUT2D eigenvalue weighted by molar-refractivity contribution is -0.111. The summed E-state index contributed by atoms with van der Waals surface area (Å²) in [6, 6.07) is 7.68. The Balaban J connectivity index is 1.88. The van der Waals surface area contributed by atoms with E-state index in [1.165, 1.54) is 0 Å². The maximum Gasteiger partial charge on any atom is 0.275 e. The van der Waals surface area contributed by atoms with Crippen molar-refractivity contribution in [1.29, 1.82) is 0 Å². The van der Waals surface area contributed by atoms with Gasteiger partial charge in [-0.15, -0.1) is 0 Å². The Kier molecular flexibility index (Phi) is 2.83. The third kappa shape index (κ3) is 1.81. The van der Waals surface area contributed by atoms with Crippen molar-refractivity contribution in [3.05, 3.63) is 30.0 Å². The molecule has 0 spiro atoms. The van der Waals surface area contributed by atoms with Crippen LogP contribution in [0.2, 0.25) is 0 Å². The molecule has 1 aromatic carbocycles. The number of β-amino-alcohol motifs (C(OH)–C–C–N with tert-alkyl or cyclic N) is 1. The molecule has 3 rings (SSSR count). The number of carbonyl (C=O) groups is 1. The molecule has 0 aliphatic carbocycles. The van der Waals surface area contributed by atoms with Crippen molar-refractivity contribution in [1.82, 2.24) is 14.7 Å². The van der Waals surface area contributed by atoms with Gasteiger partial charge in [-0.1, -0.05) is 32.0 Å². The first-order valence-corrected chi connectivity index (χ1v) is 6.86. The number of aliphatic hydroxyl groups is 1. The Labute approximate surface area is 117 Å². The topological polar surface area (TPSA) is 58.4 Å². The first kappa shape index (κ1) is 13.1. The normalized spacial score (nSPS) is 17.6. The summed E-state index contributed by atoms with van der Waals surface area (Å²) in [6.45, 7) is 4.71. The molecule has 2 heterocycles. The minimum Gasteiger partial charge on any atom is -0.386 e. The van der Waals surface area contributed by atoms with Crippen molar-refractivity contribution in [2.75, 3.05) is 13.1 Å². The minimum atomic E-state index is -0.750. The second-order valence-electron chi connectivity index (χ2n) is 5.91. The van der Waals surface area contributed by atoms with Crippen LogP contribution in [0.5, 0.6) is 0 Å². The average Bonchev–Trinajstić information content (AvgIpc) is 2.72. The monoisotopic (exact) mass is 273 g/mol. The lowest BCUT2D eigenvalue weighted by atomic mass is 9.83. The summed E-state index contributed by atoms with van der Waals surface area (Å²) in [6.07, 6.45) is 0. The van der Waals surface area contributed by atoms with E-state index in [1.807, 2.05) is 45.2 Å². The first-order valence-electron chi connectivity index (χ1n) is 6.86. The van der Waals surface area contributed by atoms with Crippen LogP contribution in [0.3, 0.4) is 0 Å². The molecule has 5 nitrogen and oxygen atoms in total. The largest absolute Gasteiger partial charge is 0.386 e. The molecule has 0 saturated carbocycles. The number of aryl methyl sites for hydroxylation is 1. The molecule has 0 unspecified atom stereocenters. The zero-order valence-corrected chi connectivity index (χ0v) is 12.0. The van der Waals surface area contributed by atoms with Crippen LogP contribution in [-0.2, 0) is 7.05 Å². The molecule has 20 heavy (non-hydrogen) atoms. The van der Waals surface area contributed by atoms with E-state index in [4.69, 9.17) is 0 Å². The van der Waals surface area contributed by atoms with Gasteiger partial charge in [-0.3, -0.25) is 9.48 Å². The summed E-state index contributed by atoms with van der Waals surface area (Å²) in [4.78, 5) is 14.2. The van der Waals surface area contributed by atoms with Crippen LogP contribution < -0.4 is 0 Å². The molecule has 1 aromatic heterocycles. The molecule has 1 amide bonds. The van der Waals surface area contributed by atoms with Gasteiger partial charge >= 0.3 is 0 Å². The minimum absolute atomic E-state index is 0.105. The second kappa shape index (κ2) is 4.31. The highest BCUT2D eigenvalue weighted by molar-refractivity contribution is 6.05. The summed E-state index contributed by atoms with van der Waals surface area (Å²) < 4.78 is 1.72. The fourth-order valence-corrected chi connectivity index (χ4v) is 2.65. The number of amides is 1. The molecular weight excluding hydrogens is 254 g/mol. The Hall–Kier alpha value is -1.88. The maximum atomic E-state index is 12.5. The van der Waals surface area contributed by atoms with Crippen molar-refractivity contribution < 1.29 is 9.90 Å². The summed E-state index contributed by atoms with van der Waals surface area (Å²) in [5, 5.41) is 15.4. The van der Waals surface area contributed by atoms with E-state index in [-0.39, 0.29) is 11.8 Å². The van der Waals surface area contributed by atoms with Gasteiger partial charge in [-0.2, -0.15) is 5.10 Å². The van der Waals surface area contributed by atoms with Crippen molar-refractivity contribution in [2.45, 2.75) is 19.4 Å². The van der Waals surface area contributed by atoms with Crippen LogP contribution in [0.15, 0.2) is 24.3 Å². The fraction of sp³-hybridized carbons (Fsp3) is 0.467. The van der Waals surface area contributed by atoms with Gasteiger partial charge in [0.05, 0.1) is 18.6 Å². The number of carbonyl (C=O) groups excluding carboxylic acids is 1. The number of fused-ring (bicyclic) bond motifs is 1. The number of benzene rings is 1. The number of nitrogens with zero attached hydrogens (tertiary/aromatic N) is 3. The average molecular weight is 273 g/mol. The quantitative estimate of drug-likeness (QED) is 0.900. The number of hydrogen-bond donors (Lipinski definition) is 1. The number of aromatic nitrogens is 2. The summed E-state index contributed by atoms with van der Waals surface area (Å²) in [5.74, 6) is 0.0409. The lowest BCUT2D eigenvalue weighted by Gasteiger charge is -2.48. The van der Waals surface area contributed by atoms with E-state index in [2.05, 4.69) is 5.10 Å². The fourth-order valence-electron chi connectivity index (χ4n) is 2.65. The van der Waals surface area contributed by atoms with Gasteiger partial charge in [0.15, 0.2) is 5.69 Å². The molecule has 1 aliphatic rings. The van der Waals surface area contributed by atoms with Crippen molar-refractivity contribution in [3.63, 3.8) is 0 Å². The molecular formula is C15H19N3O2. The molecule has 1 saturated heterocycles. The second-order valence-corrected chi connectivity index (χ2v) is 5.91. The Bertz CT molecular complexity index is 669. The third-order valence-corrected chi connectivity index (χ3v) is 4.25. The van der Waals surface area contributed by atoms with Gasteiger partial charge in [-0.05, 0) is 12.0 Å². The smallest absolute Gasteiger partial charge is 0.275 e. The van der Waals surface area contributed by atoms with E-state index < -0.39 is 5.60 Å². The highest BCUT2D eigenvalue weighted by Crippen LogP contribution is 2.30. The molecule has 1 aliphatic heterocycles. The molecule has 1 fully saturated rings. The molecule has 2 aromatic rings. The standard InChI is InChI=1S/C15H19N3O2/c1-10(2)15(20)8-18(9-15)14(19)13-11-6-4-5-7-12(11)17(3)16-13/h4-7,10,20H,8-9H2,1-3H3. The molecule has 1 N–H and O–H groups in total. The van der Waals surface area contributed by atoms with Gasteiger partial charge in [0.25, 0.3) is 5.91 Å². The summed E-state index contributed by atoms with van der Waals surface area (Å²) >= 11 is 0. The molecule has 0 bridgehead atoms. The zero-order valence-electron chi connectivity index (χ0n) is 12.0. The summed E-state index contributed by atoms with van der Waals surface area (Å²) in [7, 11) is 1.83. The van der Waals surface area contributed by atoms with Crippen molar-refractivity contribution >= 4 is 16.8 Å². The Morgan fingerprint density at radius 3 is 2.65 bits per heavy atom. The van der Waals surface area contributed by atoms with Crippen LogP contribution in [0, 0.1) is 5.92 Å². The van der Waals surface area contributed by atoms with Gasteiger partial charge in [-0.25, -0.2) is 0 Å². The van der Waals surface area contributed by atoms with Crippen LogP contribution in [0.4, 0.5) is 0 Å². The zero-order chi connectivity index (χ0) is 14.5. The van der Waals surface area contributed by atoms with Crippen LogP contribution >= 0.6 is 0 Å². The molecule has 5 heteroatoms. The molecule has 106 valence electrons. The van der Waals surface area contributed by atoms with E-state index in [0.29, 0.717) is 18.8 Å². The van der Waals surface area contributed by atoms with E-state index >= 15 is 0 Å². The van der Waals surface area contributed by atoms with Crippen molar-refractivity contribution in [3.8, 4) is 0 Å². The van der Waals surface area contributed by atoms with Gasteiger partial charge in [0, 0.05) is 12.4 Å². The van der Waals surface area contributed by atoms with Gasteiger partial charge < -0.3 is 10.0 Å². The lowest BCUT2D eigenvalue weighted by Crippen LogP contribution is -2.66. The predicted octanol–water partition coefficient (Wildman–Crippen LogP) is 1.42. The number of likely N-dealkylation sites (tertiary alicyclic amines) is 1. The maximum absolute atomic E-state index is 12.5. The highest BCUT2D eigenvalue weighted by Gasteiger charge is 2.46. The van der Waals surface area contributed by atoms with E-state index in [0.717, 1.165) is 10.9 Å². The van der Waals surface area contributed by atoms with Gasteiger partial charge in [0.1, 0.15) is 5.60 Å². The Morgan fingerprint density at radius 2 is 2.00 bits per heavy atom. The molecule has 0 atom stereocenters. The third-order valence-electron chi connectivity index (χ3n) is 4.25. The van der Waals surface area contributed by atoms with E-state index in [1.54, 1.807) is 9.58 Å². The van der Waals surface area contributed by atoms with Crippen LogP contribution in [0.25, 0.3) is 10.9 Å². The highest BCUT2D eigenvalue weighted by atomic mass is 16.3. The van der Waals surface area contributed by atoms with Crippen LogP contribution in [0.1, 0.15) is 24.3 Å². The number of para-hydroxylation sites is 1. The SMILES string of the molecule is CC(C)C1(O)CN(C(=O)c2nn(C)c3ccccc23)C1. The molecule has 0 radical (unpaired) electrons. The van der Waals surface area contributed by atoms with Gasteiger partial charge in [0.2, 0.25) is 0 Å². The predicted molar refractivity (Wildman–Crippen MR) is 76.4 cm³/mol. The van der Waals surface area contributed by atoms with E-state index in [9.17, 15) is 9.90 Å². The summed E-state index contributed by atoms with van der Waals surface area (Å²) in [5.41, 5.74) is 0.657. The van der Waals surface area contributed by atoms with Crippen LogP contribution in [-0.4, -0.2) is 44.4 Å². The Morgan fingerprint density at radius 1 is 1.35 bits per heavy atom. The first-order chi connectivity index (χ1) is 9.42. The number of hydrogen-bond acceptors (Lipinski definition) is 3. The van der Waals surface area contributed by atoms with Crippen molar-refractivity contribution in [2.24, 2.45) is 13.0 Å². The number of rotatable bonds is 2.